The third-order valence-electron chi connectivity index (χ3n) is 14.6. The van der Waals surface area contributed by atoms with Crippen LogP contribution in [0.5, 0.6) is 0 Å². The molecule has 0 saturated heterocycles. The van der Waals surface area contributed by atoms with Gasteiger partial charge in [0.15, 0.2) is 5.78 Å². The van der Waals surface area contributed by atoms with E-state index in [9.17, 15) is 73.3 Å². The van der Waals surface area contributed by atoms with Crippen LogP contribution in [0.4, 0.5) is 17.1 Å². The molecule has 34 nitrogen and oxygen atoms in total. The number of aryl methyl sites for hydroxylation is 4. The molecule has 1 aliphatic rings. The first-order valence-corrected chi connectivity index (χ1v) is 32.1. The number of nitro benzene ring substituents is 2. The number of anilines is 1. The zero-order valence-electron chi connectivity index (χ0n) is 58.2. The van der Waals surface area contributed by atoms with Gasteiger partial charge in [-0.2, -0.15) is 0 Å². The first kappa shape index (κ1) is 80.2. The van der Waals surface area contributed by atoms with Gasteiger partial charge in [0.25, 0.3) is 33.6 Å². The Morgan fingerprint density at radius 2 is 0.794 bits per heavy atom. The summed E-state index contributed by atoms with van der Waals surface area (Å²) in [4.78, 5) is 136. The molecular weight excluding hydrogens is 1510 g/mol. The predicted octanol–water partition coefficient (Wildman–Crippen LogP) is 8.53. The SMILES string of the molecule is CC1=CC(=O)CC=C1.COC(=O)c1cc(-n2ccc(C)cc2=O)cc([N+](=O)[O-])c1.COC(=O)c1cc(-n2cnnn2)cc(-n2ccc(C)cc2=O)c1.COC(=O)c1cc(I)cc([N+](=O)[O-])c1.COC(=O)c1cc(N)cc(-n2ccc(C)cc2=O)c1.Cc1ccn(-c2cc(C(=O)O)cc(-n3cnnn3)c2)c(=O)c1. The van der Waals surface area contributed by atoms with Crippen molar-refractivity contribution in [1.29, 1.82) is 0 Å². The van der Waals surface area contributed by atoms with Crippen LogP contribution < -0.4 is 28.0 Å². The Labute approximate surface area is 618 Å². The number of carbonyl (C=O) groups excluding carboxylic acids is 5. The first-order chi connectivity index (χ1) is 50.9. The predicted molar refractivity (Wildman–Crippen MR) is 394 cm³/mol. The Hall–Kier alpha value is -14.1. The number of esters is 4. The summed E-state index contributed by atoms with van der Waals surface area (Å²) in [5.41, 5.74) is 12.7. The van der Waals surface area contributed by atoms with Crippen molar-refractivity contribution >= 4 is 75.3 Å². The van der Waals surface area contributed by atoms with Gasteiger partial charge in [0.1, 0.15) is 12.7 Å². The summed E-state index contributed by atoms with van der Waals surface area (Å²) in [5, 5.41) is 52.4. The average Bonchev–Trinajstić information content (AvgIpc) is 1.74. The monoisotopic (exact) mass is 1570 g/mol. The maximum atomic E-state index is 12.2. The third kappa shape index (κ3) is 22.4. The number of non-ortho nitro benzene ring substituents is 2. The number of nitrogens with zero attached hydrogens (tertiary/aromatic N) is 14. The normalized spacial score (nSPS) is 10.9. The topological polar surface area (TPSA) is 447 Å². The van der Waals surface area contributed by atoms with Crippen LogP contribution in [0.2, 0.25) is 0 Å². The van der Waals surface area contributed by atoms with E-state index in [0.29, 0.717) is 55.2 Å². The summed E-state index contributed by atoms with van der Waals surface area (Å²) >= 11 is 1.90. The van der Waals surface area contributed by atoms with Crippen LogP contribution in [-0.2, 0) is 23.7 Å². The molecule has 0 bridgehead atoms. The zero-order valence-corrected chi connectivity index (χ0v) is 60.4. The second-order valence-corrected chi connectivity index (χ2v) is 23.9. The fraction of sp³-hybridized carbons (Fsp3) is 0.139. The summed E-state index contributed by atoms with van der Waals surface area (Å²) < 4.78 is 27.2. The second-order valence-electron chi connectivity index (χ2n) is 22.6. The Bertz CT molecular complexity index is 5510. The number of rotatable bonds is 13. The van der Waals surface area contributed by atoms with Crippen molar-refractivity contribution in [2.45, 2.75) is 41.0 Å². The van der Waals surface area contributed by atoms with Gasteiger partial charge in [0.05, 0.1) is 100 Å². The van der Waals surface area contributed by atoms with Crippen LogP contribution in [0.25, 0.3) is 34.1 Å². The lowest BCUT2D eigenvalue weighted by atomic mass is 10.1. The fourth-order valence-corrected chi connectivity index (χ4v) is 10.2. The minimum atomic E-state index is -1.10. The molecule has 6 heterocycles. The highest BCUT2D eigenvalue weighted by Gasteiger charge is 2.19. The van der Waals surface area contributed by atoms with Crippen molar-refractivity contribution < 1.29 is 62.7 Å². The lowest BCUT2D eigenvalue weighted by molar-refractivity contribution is -0.385. The molecule has 107 heavy (non-hydrogen) atoms. The zero-order chi connectivity index (χ0) is 78.3. The summed E-state index contributed by atoms with van der Waals surface area (Å²) in [6.07, 6.45) is 15.2. The number of nitrogens with two attached hydrogens (primary N) is 1. The number of carbonyl (C=O) groups is 6. The molecule has 35 heteroatoms. The van der Waals surface area contributed by atoms with Gasteiger partial charge < -0.3 is 29.8 Å². The van der Waals surface area contributed by atoms with Crippen LogP contribution in [-0.4, -0.2) is 138 Å². The number of tetrazole rings is 2. The number of hydrogen-bond donors (Lipinski definition) is 2. The van der Waals surface area contributed by atoms with E-state index in [1.807, 2.05) is 74.6 Å². The number of hydrogen-bond acceptors (Lipinski definition) is 25. The molecule has 0 radical (unpaired) electrons. The molecule has 12 rings (SSSR count). The molecule has 0 unspecified atom stereocenters. The van der Waals surface area contributed by atoms with Gasteiger partial charge >= 0.3 is 29.8 Å². The number of halogens is 1. The van der Waals surface area contributed by atoms with Gasteiger partial charge in [-0.25, -0.2) is 33.3 Å². The third-order valence-corrected chi connectivity index (χ3v) is 15.2. The number of nitrogen functional groups attached to an aromatic ring is 1. The molecular formula is C72H64IN15O19. The van der Waals surface area contributed by atoms with Crippen LogP contribution in [0, 0.1) is 51.5 Å². The van der Waals surface area contributed by atoms with Gasteiger partial charge in [-0.1, -0.05) is 12.2 Å². The Balaban J connectivity index is 0.000000183. The number of allylic oxidation sites excluding steroid dienone is 4. The van der Waals surface area contributed by atoms with E-state index < -0.39 is 39.7 Å². The van der Waals surface area contributed by atoms with Crippen molar-refractivity contribution in [2.75, 3.05) is 34.2 Å². The molecule has 0 fully saturated rings. The molecule has 11 aromatic rings. The van der Waals surface area contributed by atoms with Crippen molar-refractivity contribution in [1.82, 2.24) is 58.7 Å². The Morgan fingerprint density at radius 1 is 0.458 bits per heavy atom. The number of nitro groups is 2. The number of ether oxygens (including phenoxy) is 4. The molecule has 0 saturated carbocycles. The van der Waals surface area contributed by atoms with Crippen LogP contribution >= 0.6 is 22.6 Å². The van der Waals surface area contributed by atoms with Crippen LogP contribution in [0.15, 0.2) is 220 Å². The molecule has 0 aliphatic heterocycles. The van der Waals surface area contributed by atoms with E-state index in [0.717, 1.165) is 33.9 Å². The number of aromatic nitrogens is 12. The van der Waals surface area contributed by atoms with Gasteiger partial charge in [0.2, 0.25) is 0 Å². The van der Waals surface area contributed by atoms with Crippen molar-refractivity contribution in [3.05, 3.63) is 316 Å². The lowest BCUT2D eigenvalue weighted by Gasteiger charge is -2.10. The van der Waals surface area contributed by atoms with Gasteiger partial charge in [-0.3, -0.25) is 62.5 Å². The van der Waals surface area contributed by atoms with E-state index in [2.05, 4.69) is 45.3 Å². The summed E-state index contributed by atoms with van der Waals surface area (Å²) in [6.45, 7) is 9.17. The lowest BCUT2D eigenvalue weighted by Crippen LogP contribution is -2.18. The van der Waals surface area contributed by atoms with Crippen LogP contribution in [0.3, 0.4) is 0 Å². The number of benzene rings is 5. The number of carboxylic acids is 1. The molecule has 548 valence electrons. The van der Waals surface area contributed by atoms with Crippen molar-refractivity contribution in [2.24, 2.45) is 0 Å². The van der Waals surface area contributed by atoms with E-state index in [4.69, 9.17) is 10.5 Å². The van der Waals surface area contributed by atoms with Crippen LogP contribution in [0.1, 0.15) is 87.4 Å². The van der Waals surface area contributed by atoms with E-state index in [-0.39, 0.29) is 61.8 Å². The van der Waals surface area contributed by atoms with Gasteiger partial charge in [-0.05, 0) is 203 Å². The highest BCUT2D eigenvalue weighted by Crippen LogP contribution is 2.24. The van der Waals surface area contributed by atoms with E-state index >= 15 is 0 Å². The number of methoxy groups -OCH3 is 4. The fourth-order valence-electron chi connectivity index (χ4n) is 9.54. The molecule has 6 aromatic heterocycles. The highest BCUT2D eigenvalue weighted by atomic mass is 127. The maximum absolute atomic E-state index is 12.2. The molecule has 1 aliphatic carbocycles. The number of aromatic carboxylic acids is 1. The standard InChI is InChI=1S/C15H13N5O3.C14H11N5O3.C14H12N2O5.C14H14N2O3.C8H6INO4.C7H8O/c1-10-3-4-19(14(21)5-10)12-6-11(15(22)23-2)7-13(8-12)20-9-16-17-18-20;1-9-2-3-18(13(20)4-9)11-5-10(14(21)22)6-12(7-11)19-8-15-16-17-19;1-9-3-4-15(13(17)5-9)11-6-10(14(18)21-2)7-12(8-11)16(19)20;1-9-3-4-16(13(17)5-9)12-7-10(14(18)19-2)6-11(15)8-12;1-14-8(11)5-2-6(9)4-7(3-5)10(12)13;1-6-3-2-4-7(8)5-6/h3-9H,1-2H3;2-8H,1H3,(H,21,22);3-8H,1-2H3;3-8H,15H2,1-2H3;2-4H,1H3;2-3,5H,4H2,1H3. The molecule has 3 N–H and O–H groups in total. The number of pyridine rings is 4. The summed E-state index contributed by atoms with van der Waals surface area (Å²) in [6, 6.07) is 34.9. The number of carboxylic acid groups (broad SMARTS) is 1. The smallest absolute Gasteiger partial charge is 0.338 e. The largest absolute Gasteiger partial charge is 0.478 e. The van der Waals surface area contributed by atoms with Gasteiger partial charge in [-0.15, -0.1) is 10.2 Å². The minimum Gasteiger partial charge on any atom is -0.478 e. The minimum absolute atomic E-state index is 0.00850. The van der Waals surface area contributed by atoms with Crippen molar-refractivity contribution in [3.8, 4) is 34.1 Å². The first-order valence-electron chi connectivity index (χ1n) is 31.0. The quantitative estimate of drug-likeness (QED) is 0.0272. The summed E-state index contributed by atoms with van der Waals surface area (Å²) in [5.74, 6) is -3.18. The molecule has 0 spiro atoms. The molecule has 5 aromatic carbocycles. The molecule has 0 atom stereocenters. The average molecular weight is 1570 g/mol. The maximum Gasteiger partial charge on any atom is 0.338 e. The second kappa shape index (κ2) is 37.2. The van der Waals surface area contributed by atoms with E-state index in [1.54, 1.807) is 80.1 Å². The summed E-state index contributed by atoms with van der Waals surface area (Å²) in [7, 11) is 5.00. The Morgan fingerprint density at radius 3 is 1.13 bits per heavy atom. The van der Waals surface area contributed by atoms with Gasteiger partial charge in [0, 0.05) is 89.0 Å². The van der Waals surface area contributed by atoms with Crippen molar-refractivity contribution in [3.63, 3.8) is 0 Å². The molecule has 0 amide bonds. The Kier molecular flexibility index (Phi) is 27.9. The number of ketones is 1. The highest BCUT2D eigenvalue weighted by molar-refractivity contribution is 14.1. The van der Waals surface area contributed by atoms with E-state index in [1.165, 1.54) is 148 Å².